The second kappa shape index (κ2) is 8.48. The van der Waals surface area contributed by atoms with Crippen LogP contribution < -0.4 is 16.0 Å². The summed E-state index contributed by atoms with van der Waals surface area (Å²) in [6.45, 7) is -0.0321. The number of hydrogen-bond donors (Lipinski definition) is 4. The summed E-state index contributed by atoms with van der Waals surface area (Å²) in [6, 6.07) is -0.512. The maximum absolute atomic E-state index is 11.0. The summed E-state index contributed by atoms with van der Waals surface area (Å²) >= 11 is 0. The first-order chi connectivity index (χ1) is 7.56. The number of hydrogen-bond acceptors (Lipinski definition) is 4. The van der Waals surface area contributed by atoms with Crippen molar-refractivity contribution in [3.8, 4) is 0 Å². The lowest BCUT2D eigenvalue weighted by Crippen LogP contribution is -2.43. The van der Waals surface area contributed by atoms with E-state index in [0.717, 1.165) is 0 Å². The number of ether oxygens (including phenoxy) is 1. The molecule has 0 aliphatic rings. The minimum Gasteiger partial charge on any atom is -0.480 e. The van der Waals surface area contributed by atoms with Crippen LogP contribution in [0.2, 0.25) is 0 Å². The quantitative estimate of drug-likeness (QED) is 0.384. The van der Waals surface area contributed by atoms with E-state index < -0.39 is 24.5 Å². The van der Waals surface area contributed by atoms with Gasteiger partial charge in [0.1, 0.15) is 6.54 Å². The molecule has 0 spiro atoms. The lowest BCUT2D eigenvalue weighted by Gasteiger charge is -2.06. The molecule has 0 rings (SSSR count). The lowest BCUT2D eigenvalue weighted by molar-refractivity contribution is -0.137. The van der Waals surface area contributed by atoms with Crippen molar-refractivity contribution in [3.05, 3.63) is 0 Å². The number of urea groups is 1. The molecule has 0 aromatic carbocycles. The molecule has 0 radical (unpaired) electrons. The highest BCUT2D eigenvalue weighted by Crippen LogP contribution is 1.69. The first kappa shape index (κ1) is 14.2. The van der Waals surface area contributed by atoms with E-state index in [1.165, 1.54) is 7.11 Å². The van der Waals surface area contributed by atoms with Gasteiger partial charge in [-0.15, -0.1) is 0 Å². The lowest BCUT2D eigenvalue weighted by atomic mass is 10.5. The van der Waals surface area contributed by atoms with E-state index >= 15 is 0 Å². The van der Waals surface area contributed by atoms with Gasteiger partial charge in [0.05, 0.1) is 13.2 Å². The number of rotatable bonds is 7. The predicted octanol–water partition coefficient (Wildman–Crippen LogP) is -1.87. The Bertz CT molecular complexity index is 256. The average Bonchev–Trinajstić information content (AvgIpc) is 2.24. The standard InChI is InChI=1S/C8H15N3O5/c1-16-3-2-9-8(15)11-4-6(12)10-5-7(13)14/h2-5H2,1H3,(H,10,12)(H,13,14)(H2,9,11,15). The maximum atomic E-state index is 11.0. The average molecular weight is 233 g/mol. The number of carboxylic acids is 1. The Morgan fingerprint density at radius 1 is 1.12 bits per heavy atom. The zero-order chi connectivity index (χ0) is 12.4. The van der Waals surface area contributed by atoms with Gasteiger partial charge in [-0.1, -0.05) is 0 Å². The molecular formula is C8H15N3O5. The fraction of sp³-hybridized carbons (Fsp3) is 0.625. The van der Waals surface area contributed by atoms with Gasteiger partial charge in [-0.25, -0.2) is 4.79 Å². The summed E-state index contributed by atoms with van der Waals surface area (Å²) < 4.78 is 4.70. The van der Waals surface area contributed by atoms with Crippen LogP contribution >= 0.6 is 0 Å². The molecule has 0 unspecified atom stereocenters. The van der Waals surface area contributed by atoms with Crippen molar-refractivity contribution in [2.24, 2.45) is 0 Å². The summed E-state index contributed by atoms with van der Waals surface area (Å²) in [7, 11) is 1.50. The van der Waals surface area contributed by atoms with E-state index in [2.05, 4.69) is 16.0 Å². The largest absolute Gasteiger partial charge is 0.480 e. The van der Waals surface area contributed by atoms with Crippen LogP contribution in [0, 0.1) is 0 Å². The summed E-state index contributed by atoms with van der Waals surface area (Å²) in [5.41, 5.74) is 0. The minimum absolute atomic E-state index is 0.272. The summed E-state index contributed by atoms with van der Waals surface area (Å²) in [4.78, 5) is 32.0. The molecule has 0 aliphatic heterocycles. The number of nitrogens with one attached hydrogen (secondary N) is 3. The third-order valence-electron chi connectivity index (χ3n) is 1.44. The fourth-order valence-electron chi connectivity index (χ4n) is 0.726. The number of carbonyl (C=O) groups is 3. The number of carboxylic acid groups (broad SMARTS) is 1. The Hall–Kier alpha value is -1.83. The molecule has 92 valence electrons. The zero-order valence-corrected chi connectivity index (χ0v) is 8.91. The van der Waals surface area contributed by atoms with Crippen molar-refractivity contribution in [3.63, 3.8) is 0 Å². The van der Waals surface area contributed by atoms with Crippen molar-refractivity contribution in [1.82, 2.24) is 16.0 Å². The number of carbonyl (C=O) groups excluding carboxylic acids is 2. The normalized spacial score (nSPS) is 9.31. The van der Waals surface area contributed by atoms with Crippen LogP contribution in [-0.4, -0.2) is 56.4 Å². The van der Waals surface area contributed by atoms with Crippen LogP contribution in [0.25, 0.3) is 0 Å². The van der Waals surface area contributed by atoms with E-state index in [4.69, 9.17) is 9.84 Å². The number of amides is 3. The van der Waals surface area contributed by atoms with Crippen LogP contribution in [-0.2, 0) is 14.3 Å². The van der Waals surface area contributed by atoms with Crippen molar-refractivity contribution >= 4 is 17.9 Å². The molecular weight excluding hydrogens is 218 g/mol. The van der Waals surface area contributed by atoms with Crippen molar-refractivity contribution in [2.75, 3.05) is 33.4 Å². The predicted molar refractivity (Wildman–Crippen MR) is 53.9 cm³/mol. The highest BCUT2D eigenvalue weighted by molar-refractivity contribution is 5.86. The molecule has 0 saturated carbocycles. The molecule has 0 saturated heterocycles. The molecule has 4 N–H and O–H groups in total. The van der Waals surface area contributed by atoms with Crippen LogP contribution in [0.15, 0.2) is 0 Å². The molecule has 16 heavy (non-hydrogen) atoms. The van der Waals surface area contributed by atoms with Gasteiger partial charge < -0.3 is 25.8 Å². The summed E-state index contributed by atoms with van der Waals surface area (Å²) in [6.07, 6.45) is 0. The molecule has 0 aliphatic carbocycles. The van der Waals surface area contributed by atoms with Gasteiger partial charge in [0.2, 0.25) is 5.91 Å². The Kier molecular flexibility index (Phi) is 7.51. The molecule has 0 aromatic rings. The molecule has 0 heterocycles. The molecule has 0 aromatic heterocycles. The molecule has 0 fully saturated rings. The molecule has 3 amide bonds. The van der Waals surface area contributed by atoms with Gasteiger partial charge in [0.25, 0.3) is 0 Å². The van der Waals surface area contributed by atoms with E-state index in [-0.39, 0.29) is 6.54 Å². The Balaban J connectivity index is 3.51. The Labute approximate surface area is 92.3 Å². The Morgan fingerprint density at radius 2 is 1.81 bits per heavy atom. The van der Waals surface area contributed by atoms with E-state index in [1.807, 2.05) is 0 Å². The topological polar surface area (TPSA) is 117 Å². The minimum atomic E-state index is -1.14. The van der Waals surface area contributed by atoms with Gasteiger partial charge in [-0.2, -0.15) is 0 Å². The fourth-order valence-corrected chi connectivity index (χ4v) is 0.726. The van der Waals surface area contributed by atoms with Gasteiger partial charge in [0.15, 0.2) is 0 Å². The molecule has 8 nitrogen and oxygen atoms in total. The number of aliphatic carboxylic acids is 1. The third-order valence-corrected chi connectivity index (χ3v) is 1.44. The van der Waals surface area contributed by atoms with Crippen molar-refractivity contribution in [2.45, 2.75) is 0 Å². The monoisotopic (exact) mass is 233 g/mol. The zero-order valence-electron chi connectivity index (χ0n) is 8.91. The summed E-state index contributed by atoms with van der Waals surface area (Å²) in [5.74, 6) is -1.71. The maximum Gasteiger partial charge on any atom is 0.322 e. The Morgan fingerprint density at radius 3 is 2.38 bits per heavy atom. The van der Waals surface area contributed by atoms with Gasteiger partial charge in [-0.05, 0) is 0 Å². The second-order valence-corrected chi connectivity index (χ2v) is 2.77. The van der Waals surface area contributed by atoms with E-state index in [0.29, 0.717) is 13.2 Å². The highest BCUT2D eigenvalue weighted by atomic mass is 16.5. The SMILES string of the molecule is COCCNC(=O)NCC(=O)NCC(=O)O. The molecule has 8 heteroatoms. The van der Waals surface area contributed by atoms with Crippen LogP contribution in [0.1, 0.15) is 0 Å². The molecule has 0 bridgehead atoms. The highest BCUT2D eigenvalue weighted by Gasteiger charge is 2.05. The number of methoxy groups -OCH3 is 1. The second-order valence-electron chi connectivity index (χ2n) is 2.77. The van der Waals surface area contributed by atoms with Crippen LogP contribution in [0.3, 0.4) is 0 Å². The first-order valence-electron chi connectivity index (χ1n) is 4.55. The van der Waals surface area contributed by atoms with Gasteiger partial charge in [-0.3, -0.25) is 9.59 Å². The van der Waals surface area contributed by atoms with Crippen LogP contribution in [0.5, 0.6) is 0 Å². The van der Waals surface area contributed by atoms with Gasteiger partial charge in [0, 0.05) is 13.7 Å². The van der Waals surface area contributed by atoms with E-state index in [1.54, 1.807) is 0 Å². The summed E-state index contributed by atoms with van der Waals surface area (Å²) in [5, 5.41) is 15.0. The third kappa shape index (κ3) is 8.75. The van der Waals surface area contributed by atoms with Gasteiger partial charge >= 0.3 is 12.0 Å². The van der Waals surface area contributed by atoms with Crippen LogP contribution in [0.4, 0.5) is 4.79 Å². The van der Waals surface area contributed by atoms with Crippen molar-refractivity contribution < 1.29 is 24.2 Å². The van der Waals surface area contributed by atoms with Crippen molar-refractivity contribution in [1.29, 1.82) is 0 Å². The molecule has 0 atom stereocenters. The van der Waals surface area contributed by atoms with E-state index in [9.17, 15) is 14.4 Å². The smallest absolute Gasteiger partial charge is 0.322 e. The first-order valence-corrected chi connectivity index (χ1v) is 4.55.